The number of aryl methyl sites for hydroxylation is 2. The number of ether oxygens (including phenoxy) is 2. The molecule has 1 heterocycles. The van der Waals surface area contributed by atoms with Crippen molar-refractivity contribution in [3.05, 3.63) is 62.5 Å². The van der Waals surface area contributed by atoms with Gasteiger partial charge in [0.05, 0.1) is 17.9 Å². The molecule has 0 aliphatic carbocycles. The smallest absolute Gasteiger partial charge is 0.453 e. The molecular weight excluding hydrogens is 483 g/mol. The van der Waals surface area contributed by atoms with Gasteiger partial charge in [-0.1, -0.05) is 11.6 Å². The van der Waals surface area contributed by atoms with Crippen LogP contribution in [0.1, 0.15) is 16.9 Å². The Kier molecular flexibility index (Phi) is 7.06. The number of halogens is 4. The molecule has 180 valence electrons. The number of carbonyl (C=O) groups excluding carboxylic acids is 2. The predicted octanol–water partition coefficient (Wildman–Crippen LogP) is 3.12. The van der Waals surface area contributed by atoms with Crippen LogP contribution in [0.25, 0.3) is 11.0 Å². The molecule has 0 unspecified atom stereocenters. The molecule has 0 spiro atoms. The van der Waals surface area contributed by atoms with E-state index in [-0.39, 0.29) is 16.9 Å². The third-order valence-corrected chi connectivity index (χ3v) is 5.11. The second-order valence-corrected chi connectivity index (χ2v) is 7.53. The lowest BCUT2D eigenvalue weighted by molar-refractivity contribution is -0.304. The number of alkyl halides is 3. The minimum absolute atomic E-state index is 0.0286. The molecule has 0 aliphatic rings. The molecule has 0 atom stereocenters. The fourth-order valence-corrected chi connectivity index (χ4v) is 3.09. The lowest BCUT2D eigenvalue weighted by Crippen LogP contribution is -2.39. The van der Waals surface area contributed by atoms with Gasteiger partial charge in [-0.3, -0.25) is 9.59 Å². The van der Waals surface area contributed by atoms with Crippen molar-refractivity contribution in [2.24, 2.45) is 0 Å². The van der Waals surface area contributed by atoms with Crippen LogP contribution >= 0.6 is 11.6 Å². The zero-order valence-corrected chi connectivity index (χ0v) is 18.4. The maximum atomic E-state index is 13.7. The number of hydrogen-bond donors (Lipinski definition) is 1. The zero-order valence-electron chi connectivity index (χ0n) is 17.7. The monoisotopic (exact) mass is 498 g/mol. The minimum Gasteiger partial charge on any atom is -0.548 e. The van der Waals surface area contributed by atoms with Gasteiger partial charge in [0.1, 0.15) is 17.1 Å². The summed E-state index contributed by atoms with van der Waals surface area (Å²) in [7, 11) is 0. The normalized spacial score (nSPS) is 11.4. The summed E-state index contributed by atoms with van der Waals surface area (Å²) in [5.74, 6) is -5.14. The molecule has 0 radical (unpaired) electrons. The molecule has 3 aromatic rings. The van der Waals surface area contributed by atoms with Crippen molar-refractivity contribution in [1.82, 2.24) is 5.32 Å². The Morgan fingerprint density at radius 2 is 1.76 bits per heavy atom. The number of hydrogen-bond acceptors (Lipinski definition) is 7. The van der Waals surface area contributed by atoms with E-state index in [1.807, 2.05) is 5.32 Å². The number of rotatable bonds is 7. The third-order valence-electron chi connectivity index (χ3n) is 4.51. The number of carboxylic acid groups (broad SMARTS) is 1. The van der Waals surface area contributed by atoms with Crippen LogP contribution in [0.4, 0.5) is 13.2 Å². The van der Waals surface area contributed by atoms with Gasteiger partial charge in [-0.25, -0.2) is 0 Å². The molecule has 2 aromatic carbocycles. The summed E-state index contributed by atoms with van der Waals surface area (Å²) in [6.07, 6.45) is -5.07. The van der Waals surface area contributed by atoms with Gasteiger partial charge in [-0.15, -0.1) is 0 Å². The van der Waals surface area contributed by atoms with Gasteiger partial charge >= 0.3 is 6.18 Å². The van der Waals surface area contributed by atoms with Crippen molar-refractivity contribution in [3.8, 4) is 17.2 Å². The SMILES string of the molecule is Cc1cc(Oc2c(C(F)(F)F)oc3cc(OCC(=O)NCC(=O)[O-])ccc3c2=O)cc(C)c1Cl. The Morgan fingerprint density at radius 3 is 2.35 bits per heavy atom. The van der Waals surface area contributed by atoms with Gasteiger partial charge in [0.15, 0.2) is 6.61 Å². The highest BCUT2D eigenvalue weighted by Gasteiger charge is 2.40. The van der Waals surface area contributed by atoms with E-state index in [9.17, 15) is 32.7 Å². The third kappa shape index (κ3) is 5.60. The number of carbonyl (C=O) groups is 2. The molecule has 8 nitrogen and oxygen atoms in total. The van der Waals surface area contributed by atoms with Crippen LogP contribution in [0.15, 0.2) is 39.5 Å². The van der Waals surface area contributed by atoms with Gasteiger partial charge in [-0.2, -0.15) is 13.2 Å². The maximum Gasteiger partial charge on any atom is 0.453 e. The molecule has 0 aliphatic heterocycles. The molecule has 0 bridgehead atoms. The molecule has 3 rings (SSSR count). The molecule has 12 heteroatoms. The molecule has 1 amide bonds. The van der Waals surface area contributed by atoms with Crippen molar-refractivity contribution in [2.45, 2.75) is 20.0 Å². The van der Waals surface area contributed by atoms with Crippen molar-refractivity contribution < 1.29 is 41.8 Å². The summed E-state index contributed by atoms with van der Waals surface area (Å²) >= 11 is 6.08. The number of benzene rings is 2. The predicted molar refractivity (Wildman–Crippen MR) is 112 cm³/mol. The maximum absolute atomic E-state index is 13.7. The second kappa shape index (κ2) is 9.64. The van der Waals surface area contributed by atoms with Gasteiger partial charge in [0.25, 0.3) is 11.7 Å². The van der Waals surface area contributed by atoms with E-state index in [0.717, 1.165) is 12.1 Å². The second-order valence-electron chi connectivity index (χ2n) is 7.16. The highest BCUT2D eigenvalue weighted by atomic mass is 35.5. The average Bonchev–Trinajstić information content (AvgIpc) is 2.75. The molecule has 0 saturated heterocycles. The Morgan fingerprint density at radius 1 is 1.12 bits per heavy atom. The first-order valence-electron chi connectivity index (χ1n) is 9.59. The van der Waals surface area contributed by atoms with Crippen molar-refractivity contribution in [2.75, 3.05) is 13.2 Å². The summed E-state index contributed by atoms with van der Waals surface area (Å²) in [6.45, 7) is 1.90. The molecule has 1 aromatic heterocycles. The fraction of sp³-hybridized carbons (Fsp3) is 0.227. The Hall–Kier alpha value is -3.73. The largest absolute Gasteiger partial charge is 0.548 e. The van der Waals surface area contributed by atoms with Crippen LogP contribution < -0.4 is 25.3 Å². The van der Waals surface area contributed by atoms with E-state index in [0.29, 0.717) is 16.1 Å². The van der Waals surface area contributed by atoms with Crippen LogP contribution in [0, 0.1) is 13.8 Å². The summed E-state index contributed by atoms with van der Waals surface area (Å²) < 4.78 is 56.6. The number of aliphatic carboxylic acids is 1. The van der Waals surface area contributed by atoms with Crippen LogP contribution in [-0.2, 0) is 15.8 Å². The van der Waals surface area contributed by atoms with E-state index in [1.54, 1.807) is 13.8 Å². The van der Waals surface area contributed by atoms with E-state index in [4.69, 9.17) is 25.5 Å². The number of amides is 1. The lowest BCUT2D eigenvalue weighted by atomic mass is 10.1. The topological polar surface area (TPSA) is 118 Å². The molecular formula is C22H16ClF3NO7-. The Balaban J connectivity index is 1.98. The summed E-state index contributed by atoms with van der Waals surface area (Å²) in [5.41, 5.74) is -0.445. The molecule has 0 saturated carbocycles. The molecule has 0 fully saturated rings. The summed E-state index contributed by atoms with van der Waals surface area (Å²) in [4.78, 5) is 34.8. The zero-order chi connectivity index (χ0) is 25.2. The first-order chi connectivity index (χ1) is 15.9. The van der Waals surface area contributed by atoms with Gasteiger partial charge < -0.3 is 29.1 Å². The van der Waals surface area contributed by atoms with Gasteiger partial charge in [-0.05, 0) is 49.2 Å². The molecule has 34 heavy (non-hydrogen) atoms. The highest BCUT2D eigenvalue weighted by molar-refractivity contribution is 6.32. The molecule has 1 N–H and O–H groups in total. The summed E-state index contributed by atoms with van der Waals surface area (Å²) in [5, 5.41) is 12.5. The van der Waals surface area contributed by atoms with E-state index >= 15 is 0 Å². The van der Waals surface area contributed by atoms with Crippen molar-refractivity contribution >= 4 is 34.4 Å². The average molecular weight is 499 g/mol. The fourth-order valence-electron chi connectivity index (χ4n) is 2.98. The minimum atomic E-state index is -5.07. The Labute approximate surface area is 194 Å². The van der Waals surface area contributed by atoms with Crippen LogP contribution in [-0.4, -0.2) is 25.0 Å². The van der Waals surface area contributed by atoms with E-state index in [2.05, 4.69) is 0 Å². The van der Waals surface area contributed by atoms with Crippen LogP contribution in [0.5, 0.6) is 17.2 Å². The first kappa shape index (κ1) is 24.9. The van der Waals surface area contributed by atoms with Crippen LogP contribution in [0.2, 0.25) is 5.02 Å². The van der Waals surface area contributed by atoms with E-state index < -0.39 is 53.7 Å². The number of fused-ring (bicyclic) bond motifs is 1. The van der Waals surface area contributed by atoms with Crippen molar-refractivity contribution in [3.63, 3.8) is 0 Å². The standard InChI is InChI=1S/C22H17ClF3NO7/c1-10-5-13(6-11(2)18(10)23)33-20-19(31)14-4-3-12(32-9-16(28)27-8-17(29)30)7-15(14)34-21(20)22(24,25)26/h3-7H,8-9H2,1-2H3,(H,27,28)(H,29,30)/p-1. The lowest BCUT2D eigenvalue weighted by Gasteiger charge is -2.15. The van der Waals surface area contributed by atoms with Gasteiger partial charge in [0.2, 0.25) is 11.2 Å². The number of carboxylic acids is 1. The van der Waals surface area contributed by atoms with Crippen molar-refractivity contribution in [1.29, 1.82) is 0 Å². The number of nitrogens with one attached hydrogen (secondary N) is 1. The first-order valence-corrected chi connectivity index (χ1v) is 9.96. The van der Waals surface area contributed by atoms with Gasteiger partial charge in [0, 0.05) is 11.1 Å². The highest BCUT2D eigenvalue weighted by Crippen LogP contribution is 2.39. The van der Waals surface area contributed by atoms with E-state index in [1.165, 1.54) is 18.2 Å². The van der Waals surface area contributed by atoms with Crippen LogP contribution in [0.3, 0.4) is 0 Å². The summed E-state index contributed by atoms with van der Waals surface area (Å²) in [6, 6.07) is 6.17. The Bertz CT molecular complexity index is 1310. The quantitative estimate of drug-likeness (QED) is 0.531.